The molecule has 1 aromatic carbocycles. The minimum absolute atomic E-state index is 0.0315. The molecule has 0 spiro atoms. The van der Waals surface area contributed by atoms with E-state index < -0.39 is 18.0 Å². The number of likely N-dealkylation sites (tertiary alicyclic amines) is 1. The normalized spacial score (nSPS) is 21.3. The zero-order chi connectivity index (χ0) is 19.2. The van der Waals surface area contributed by atoms with Gasteiger partial charge in [-0.05, 0) is 31.7 Å². The Balaban J connectivity index is 1.44. The molecule has 0 bridgehead atoms. The smallest absolute Gasteiger partial charge is 0.312 e. The van der Waals surface area contributed by atoms with Crippen LogP contribution in [0.2, 0.25) is 0 Å². The third-order valence-electron chi connectivity index (χ3n) is 5.42. The Morgan fingerprint density at radius 1 is 1.22 bits per heavy atom. The fourth-order valence-corrected chi connectivity index (χ4v) is 3.77. The second-order valence-corrected chi connectivity index (χ2v) is 7.55. The van der Waals surface area contributed by atoms with E-state index in [1.165, 1.54) is 0 Å². The highest BCUT2D eigenvalue weighted by atomic mass is 16.5. The van der Waals surface area contributed by atoms with Gasteiger partial charge in [0.05, 0.1) is 5.92 Å². The molecule has 1 aromatic rings. The molecule has 6 nitrogen and oxygen atoms in total. The van der Waals surface area contributed by atoms with E-state index in [1.807, 2.05) is 30.3 Å². The van der Waals surface area contributed by atoms with E-state index in [9.17, 15) is 14.4 Å². The number of carbonyl (C=O) groups is 3. The Kier molecular flexibility index (Phi) is 6.48. The molecule has 0 radical (unpaired) electrons. The van der Waals surface area contributed by atoms with Gasteiger partial charge in [0.25, 0.3) is 5.91 Å². The molecule has 0 unspecified atom stereocenters. The first-order chi connectivity index (χ1) is 13.0. The molecule has 27 heavy (non-hydrogen) atoms. The van der Waals surface area contributed by atoms with Crippen molar-refractivity contribution in [2.24, 2.45) is 5.92 Å². The number of esters is 1. The van der Waals surface area contributed by atoms with Gasteiger partial charge in [0, 0.05) is 25.6 Å². The topological polar surface area (TPSA) is 75.7 Å². The van der Waals surface area contributed by atoms with E-state index in [0.717, 1.165) is 37.7 Å². The Bertz CT molecular complexity index is 670. The van der Waals surface area contributed by atoms with Crippen LogP contribution in [0.5, 0.6) is 0 Å². The first-order valence-corrected chi connectivity index (χ1v) is 9.85. The highest BCUT2D eigenvalue weighted by Gasteiger charge is 2.36. The third-order valence-corrected chi connectivity index (χ3v) is 5.42. The van der Waals surface area contributed by atoms with E-state index in [2.05, 4.69) is 5.32 Å². The average Bonchev–Trinajstić information content (AvgIpc) is 3.30. The van der Waals surface area contributed by atoms with Crippen LogP contribution in [0.4, 0.5) is 0 Å². The van der Waals surface area contributed by atoms with Crippen LogP contribution in [0.1, 0.15) is 44.6 Å². The van der Waals surface area contributed by atoms with Crippen molar-refractivity contribution in [3.05, 3.63) is 35.9 Å². The molecule has 1 saturated heterocycles. The Morgan fingerprint density at radius 3 is 2.63 bits per heavy atom. The summed E-state index contributed by atoms with van der Waals surface area (Å²) in [5.41, 5.74) is 1.16. The molecule has 2 fully saturated rings. The van der Waals surface area contributed by atoms with E-state index in [4.69, 9.17) is 4.74 Å². The van der Waals surface area contributed by atoms with Crippen molar-refractivity contribution in [1.29, 1.82) is 0 Å². The average molecular weight is 372 g/mol. The molecule has 2 amide bonds. The fourth-order valence-electron chi connectivity index (χ4n) is 3.77. The predicted octanol–water partition coefficient (Wildman–Crippen LogP) is 2.07. The highest BCUT2D eigenvalue weighted by Crippen LogP contribution is 2.21. The lowest BCUT2D eigenvalue weighted by atomic mass is 10.1. The van der Waals surface area contributed by atoms with Gasteiger partial charge >= 0.3 is 5.97 Å². The van der Waals surface area contributed by atoms with Gasteiger partial charge in [-0.1, -0.05) is 43.2 Å². The minimum Gasteiger partial charge on any atom is -0.452 e. The number of nitrogens with zero attached hydrogens (tertiary/aromatic N) is 1. The molecule has 1 N–H and O–H groups in total. The summed E-state index contributed by atoms with van der Waals surface area (Å²) in [6, 6.07) is 10.1. The number of hydrogen-bond donors (Lipinski definition) is 1. The molecule has 2 atom stereocenters. The summed E-state index contributed by atoms with van der Waals surface area (Å²) in [5, 5.41) is 2.94. The Hall–Kier alpha value is -2.37. The van der Waals surface area contributed by atoms with E-state index in [1.54, 1.807) is 11.8 Å². The summed E-state index contributed by atoms with van der Waals surface area (Å²) in [6.07, 6.45) is 4.31. The maximum absolute atomic E-state index is 12.4. The second kappa shape index (κ2) is 9.02. The van der Waals surface area contributed by atoms with Crippen LogP contribution in [-0.2, 0) is 25.5 Å². The SMILES string of the molecule is C[C@H](OC(=O)[C@@H]1CC(=O)N(CCc2ccccc2)C1)C(=O)NC1CCCC1. The van der Waals surface area contributed by atoms with Gasteiger partial charge < -0.3 is 15.0 Å². The number of amides is 2. The monoisotopic (exact) mass is 372 g/mol. The molecule has 1 aliphatic carbocycles. The van der Waals surface area contributed by atoms with Crippen LogP contribution >= 0.6 is 0 Å². The summed E-state index contributed by atoms with van der Waals surface area (Å²) in [6.45, 7) is 2.54. The Morgan fingerprint density at radius 2 is 1.93 bits per heavy atom. The van der Waals surface area contributed by atoms with Crippen molar-refractivity contribution >= 4 is 17.8 Å². The van der Waals surface area contributed by atoms with Crippen LogP contribution in [0, 0.1) is 5.92 Å². The molecule has 2 aliphatic rings. The lowest BCUT2D eigenvalue weighted by Crippen LogP contribution is -2.41. The number of carbonyl (C=O) groups excluding carboxylic acids is 3. The van der Waals surface area contributed by atoms with Crippen LogP contribution in [0.3, 0.4) is 0 Å². The molecule has 6 heteroatoms. The summed E-state index contributed by atoms with van der Waals surface area (Å²) in [7, 11) is 0. The van der Waals surface area contributed by atoms with Gasteiger partial charge in [-0.15, -0.1) is 0 Å². The van der Waals surface area contributed by atoms with Gasteiger partial charge in [-0.3, -0.25) is 14.4 Å². The zero-order valence-corrected chi connectivity index (χ0v) is 15.9. The molecular weight excluding hydrogens is 344 g/mol. The number of rotatable bonds is 7. The van der Waals surface area contributed by atoms with E-state index in [-0.39, 0.29) is 24.3 Å². The highest BCUT2D eigenvalue weighted by molar-refractivity contribution is 5.89. The van der Waals surface area contributed by atoms with E-state index in [0.29, 0.717) is 13.1 Å². The number of nitrogens with one attached hydrogen (secondary N) is 1. The third kappa shape index (κ3) is 5.31. The van der Waals surface area contributed by atoms with Crippen molar-refractivity contribution in [3.63, 3.8) is 0 Å². The van der Waals surface area contributed by atoms with Crippen LogP contribution in [0.15, 0.2) is 30.3 Å². The van der Waals surface area contributed by atoms with Crippen LogP contribution < -0.4 is 5.32 Å². The molecular formula is C21H28N2O4. The first-order valence-electron chi connectivity index (χ1n) is 9.85. The lowest BCUT2D eigenvalue weighted by molar-refractivity contribution is -0.158. The van der Waals surface area contributed by atoms with Gasteiger partial charge in [0.15, 0.2) is 6.10 Å². The summed E-state index contributed by atoms with van der Waals surface area (Å²) in [4.78, 5) is 38.5. The number of hydrogen-bond acceptors (Lipinski definition) is 4. The molecule has 1 heterocycles. The van der Waals surface area contributed by atoms with Gasteiger partial charge in [-0.2, -0.15) is 0 Å². The van der Waals surface area contributed by atoms with E-state index >= 15 is 0 Å². The fraction of sp³-hybridized carbons (Fsp3) is 0.571. The summed E-state index contributed by atoms with van der Waals surface area (Å²) in [5.74, 6) is -1.23. The standard InChI is InChI=1S/C21H28N2O4/c1-15(20(25)22-18-9-5-6-10-18)27-21(26)17-13-19(24)23(14-17)12-11-16-7-3-2-4-8-16/h2-4,7-8,15,17-18H,5-6,9-14H2,1H3,(H,22,25)/t15-,17+/m0/s1. The molecule has 146 valence electrons. The maximum Gasteiger partial charge on any atom is 0.312 e. The first kappa shape index (κ1) is 19.4. The summed E-state index contributed by atoms with van der Waals surface area (Å²) >= 11 is 0. The second-order valence-electron chi connectivity index (χ2n) is 7.55. The van der Waals surface area contributed by atoms with Crippen molar-refractivity contribution in [1.82, 2.24) is 10.2 Å². The number of benzene rings is 1. The van der Waals surface area contributed by atoms with Crippen molar-refractivity contribution in [3.8, 4) is 0 Å². The maximum atomic E-state index is 12.4. The van der Waals surface area contributed by atoms with Gasteiger partial charge in [0.1, 0.15) is 0 Å². The molecule has 0 aromatic heterocycles. The number of ether oxygens (including phenoxy) is 1. The quantitative estimate of drug-likeness (QED) is 0.744. The van der Waals surface area contributed by atoms with Gasteiger partial charge in [0.2, 0.25) is 5.91 Å². The van der Waals surface area contributed by atoms with Crippen molar-refractivity contribution in [2.75, 3.05) is 13.1 Å². The van der Waals surface area contributed by atoms with Crippen molar-refractivity contribution < 1.29 is 19.1 Å². The molecule has 3 rings (SSSR count). The minimum atomic E-state index is -0.827. The molecule has 1 saturated carbocycles. The van der Waals surface area contributed by atoms with Crippen LogP contribution in [-0.4, -0.2) is 47.9 Å². The predicted molar refractivity (Wildman–Crippen MR) is 101 cm³/mol. The lowest BCUT2D eigenvalue weighted by Gasteiger charge is -2.19. The van der Waals surface area contributed by atoms with Gasteiger partial charge in [-0.25, -0.2) is 0 Å². The largest absolute Gasteiger partial charge is 0.452 e. The zero-order valence-electron chi connectivity index (χ0n) is 15.9. The van der Waals surface area contributed by atoms with Crippen molar-refractivity contribution in [2.45, 2.75) is 57.6 Å². The van der Waals surface area contributed by atoms with Crippen LogP contribution in [0.25, 0.3) is 0 Å². The molecule has 1 aliphatic heterocycles. The summed E-state index contributed by atoms with van der Waals surface area (Å²) < 4.78 is 5.34. The Labute approximate surface area is 160 Å².